The number of ether oxygens (including phenoxy) is 1. The number of hydrogen-bond acceptors (Lipinski definition) is 2. The van der Waals surface area contributed by atoms with Crippen LogP contribution in [-0.2, 0) is 13.0 Å². The molecule has 1 aromatic carbocycles. The van der Waals surface area contributed by atoms with Gasteiger partial charge in [-0.2, -0.15) is 0 Å². The van der Waals surface area contributed by atoms with E-state index in [1.54, 1.807) is 16.8 Å². The van der Waals surface area contributed by atoms with Crippen molar-refractivity contribution >= 4 is 11.6 Å². The molecule has 4 heteroatoms. The fourth-order valence-electron chi connectivity index (χ4n) is 1.92. The largest absolute Gasteiger partial charge is 0.494 e. The smallest absolute Gasteiger partial charge is 0.250 e. The number of aryl methyl sites for hydroxylation is 2. The minimum atomic E-state index is -0.0401. The Morgan fingerprint density at radius 1 is 1.15 bits per heavy atom. The highest BCUT2D eigenvalue weighted by Gasteiger charge is 1.98. The number of halogens is 1. The molecule has 0 aliphatic rings. The molecule has 0 saturated carbocycles. The highest BCUT2D eigenvalue weighted by atomic mass is 35.5. The van der Waals surface area contributed by atoms with Gasteiger partial charge in [-0.3, -0.25) is 4.79 Å². The van der Waals surface area contributed by atoms with Crippen LogP contribution in [0.4, 0.5) is 0 Å². The minimum Gasteiger partial charge on any atom is -0.494 e. The van der Waals surface area contributed by atoms with Gasteiger partial charge in [0.05, 0.1) is 11.6 Å². The fraction of sp³-hybridized carbons (Fsp3) is 0.312. The highest BCUT2D eigenvalue weighted by Crippen LogP contribution is 2.12. The van der Waals surface area contributed by atoms with Crippen molar-refractivity contribution in [2.24, 2.45) is 0 Å². The second kappa shape index (κ2) is 7.15. The maximum absolute atomic E-state index is 11.6. The molecule has 0 aliphatic heterocycles. The zero-order chi connectivity index (χ0) is 14.4. The monoisotopic (exact) mass is 291 g/mol. The summed E-state index contributed by atoms with van der Waals surface area (Å²) in [4.78, 5) is 11.6. The van der Waals surface area contributed by atoms with Crippen LogP contribution in [0.15, 0.2) is 47.4 Å². The first-order valence-corrected chi connectivity index (χ1v) is 7.14. The Kier molecular flexibility index (Phi) is 5.24. The Hall–Kier alpha value is -1.74. The van der Waals surface area contributed by atoms with E-state index in [1.807, 2.05) is 12.1 Å². The lowest BCUT2D eigenvalue weighted by Crippen LogP contribution is -2.19. The van der Waals surface area contributed by atoms with Crippen molar-refractivity contribution in [3.63, 3.8) is 0 Å². The predicted molar refractivity (Wildman–Crippen MR) is 81.6 cm³/mol. The average molecular weight is 292 g/mol. The van der Waals surface area contributed by atoms with Gasteiger partial charge in [-0.15, -0.1) is 0 Å². The van der Waals surface area contributed by atoms with Crippen LogP contribution >= 0.6 is 11.6 Å². The van der Waals surface area contributed by atoms with E-state index in [2.05, 4.69) is 19.1 Å². The predicted octanol–water partition coefficient (Wildman–Crippen LogP) is 3.53. The van der Waals surface area contributed by atoms with Crippen molar-refractivity contribution in [1.82, 2.24) is 4.57 Å². The maximum atomic E-state index is 11.6. The van der Waals surface area contributed by atoms with Gasteiger partial charge in [-0.05, 0) is 36.6 Å². The summed E-state index contributed by atoms with van der Waals surface area (Å²) in [6.45, 7) is 3.30. The third-order valence-electron chi connectivity index (χ3n) is 3.09. The summed E-state index contributed by atoms with van der Waals surface area (Å²) in [6, 6.07) is 11.2. The van der Waals surface area contributed by atoms with Crippen LogP contribution in [0.25, 0.3) is 0 Å². The summed E-state index contributed by atoms with van der Waals surface area (Å²) in [5.74, 6) is 0.862. The molecule has 0 atom stereocenters. The Morgan fingerprint density at radius 2 is 1.90 bits per heavy atom. The second-order valence-electron chi connectivity index (χ2n) is 4.58. The normalized spacial score (nSPS) is 10.5. The Labute approximate surface area is 123 Å². The van der Waals surface area contributed by atoms with Crippen molar-refractivity contribution in [2.45, 2.75) is 26.3 Å². The van der Waals surface area contributed by atoms with Gasteiger partial charge in [-0.1, -0.05) is 30.7 Å². The summed E-state index contributed by atoms with van der Waals surface area (Å²) in [7, 11) is 0. The molecule has 0 amide bonds. The van der Waals surface area contributed by atoms with Crippen molar-refractivity contribution in [3.05, 3.63) is 63.5 Å². The molecule has 0 fully saturated rings. The van der Waals surface area contributed by atoms with Crippen LogP contribution in [-0.4, -0.2) is 11.2 Å². The molecule has 106 valence electrons. The lowest BCUT2D eigenvalue weighted by atomic mass is 10.2. The van der Waals surface area contributed by atoms with E-state index in [-0.39, 0.29) is 5.56 Å². The van der Waals surface area contributed by atoms with Crippen LogP contribution in [0.2, 0.25) is 5.02 Å². The van der Waals surface area contributed by atoms with Crippen molar-refractivity contribution < 1.29 is 4.74 Å². The molecule has 0 aliphatic carbocycles. The average Bonchev–Trinajstić information content (AvgIpc) is 2.47. The molecule has 0 bridgehead atoms. The Balaban J connectivity index is 1.81. The third kappa shape index (κ3) is 4.14. The number of nitrogens with zero attached hydrogens (tertiary/aromatic N) is 1. The van der Waals surface area contributed by atoms with E-state index in [0.29, 0.717) is 18.2 Å². The molecule has 0 radical (unpaired) electrons. The van der Waals surface area contributed by atoms with Gasteiger partial charge in [-0.25, -0.2) is 0 Å². The van der Waals surface area contributed by atoms with Gasteiger partial charge in [0, 0.05) is 18.8 Å². The fourth-order valence-corrected chi connectivity index (χ4v) is 2.10. The highest BCUT2D eigenvalue weighted by molar-refractivity contribution is 6.30. The molecule has 1 heterocycles. The molecule has 0 spiro atoms. The standard InChI is InChI=1S/C16H18ClNO2/c1-2-13-4-7-15(8-5-13)20-11-3-10-18-12-14(17)6-9-16(18)19/h4-9,12H,2-3,10-11H2,1H3. The summed E-state index contributed by atoms with van der Waals surface area (Å²) in [5.41, 5.74) is 1.25. The topological polar surface area (TPSA) is 31.2 Å². The van der Waals surface area contributed by atoms with Crippen LogP contribution in [0.3, 0.4) is 0 Å². The molecule has 20 heavy (non-hydrogen) atoms. The molecule has 2 aromatic rings. The van der Waals surface area contributed by atoms with E-state index < -0.39 is 0 Å². The number of benzene rings is 1. The first kappa shape index (κ1) is 14.7. The lowest BCUT2D eigenvalue weighted by molar-refractivity contribution is 0.301. The SMILES string of the molecule is CCc1ccc(OCCCn2cc(Cl)ccc2=O)cc1. The molecule has 2 rings (SSSR count). The summed E-state index contributed by atoms with van der Waals surface area (Å²) >= 11 is 5.86. The number of pyridine rings is 1. The molecular formula is C16H18ClNO2. The molecule has 0 saturated heterocycles. The van der Waals surface area contributed by atoms with E-state index in [9.17, 15) is 4.79 Å². The van der Waals surface area contributed by atoms with Gasteiger partial charge in [0.25, 0.3) is 5.56 Å². The lowest BCUT2D eigenvalue weighted by Gasteiger charge is -2.08. The van der Waals surface area contributed by atoms with Gasteiger partial charge >= 0.3 is 0 Å². The number of rotatable bonds is 6. The molecular weight excluding hydrogens is 274 g/mol. The quantitative estimate of drug-likeness (QED) is 0.762. The summed E-state index contributed by atoms with van der Waals surface area (Å²) in [5, 5.41) is 0.570. The van der Waals surface area contributed by atoms with Crippen molar-refractivity contribution in [1.29, 1.82) is 0 Å². The number of aromatic nitrogens is 1. The van der Waals surface area contributed by atoms with E-state index in [1.165, 1.54) is 11.6 Å². The van der Waals surface area contributed by atoms with Crippen LogP contribution in [0.1, 0.15) is 18.9 Å². The molecule has 0 unspecified atom stereocenters. The Bertz CT molecular complexity index is 605. The first-order chi connectivity index (χ1) is 9.69. The van der Waals surface area contributed by atoms with E-state index in [4.69, 9.17) is 16.3 Å². The van der Waals surface area contributed by atoms with Crippen LogP contribution in [0, 0.1) is 0 Å². The van der Waals surface area contributed by atoms with Gasteiger partial charge < -0.3 is 9.30 Å². The van der Waals surface area contributed by atoms with Gasteiger partial charge in [0.2, 0.25) is 0 Å². The van der Waals surface area contributed by atoms with Crippen LogP contribution < -0.4 is 10.3 Å². The van der Waals surface area contributed by atoms with Crippen LogP contribution in [0.5, 0.6) is 5.75 Å². The van der Waals surface area contributed by atoms with E-state index >= 15 is 0 Å². The second-order valence-corrected chi connectivity index (χ2v) is 5.01. The zero-order valence-electron chi connectivity index (χ0n) is 11.5. The molecule has 3 nitrogen and oxygen atoms in total. The maximum Gasteiger partial charge on any atom is 0.250 e. The van der Waals surface area contributed by atoms with Gasteiger partial charge in [0.15, 0.2) is 0 Å². The minimum absolute atomic E-state index is 0.0401. The first-order valence-electron chi connectivity index (χ1n) is 6.77. The molecule has 1 aromatic heterocycles. The Morgan fingerprint density at radius 3 is 2.60 bits per heavy atom. The van der Waals surface area contributed by atoms with E-state index in [0.717, 1.165) is 18.6 Å². The zero-order valence-corrected chi connectivity index (χ0v) is 12.3. The van der Waals surface area contributed by atoms with Gasteiger partial charge in [0.1, 0.15) is 5.75 Å². The summed E-state index contributed by atoms with van der Waals surface area (Å²) in [6.07, 6.45) is 3.44. The summed E-state index contributed by atoms with van der Waals surface area (Å²) < 4.78 is 7.25. The van der Waals surface area contributed by atoms with Crippen molar-refractivity contribution in [3.8, 4) is 5.75 Å². The molecule has 0 N–H and O–H groups in total. The van der Waals surface area contributed by atoms with Crippen molar-refractivity contribution in [2.75, 3.05) is 6.61 Å². The third-order valence-corrected chi connectivity index (χ3v) is 3.31. The number of hydrogen-bond donors (Lipinski definition) is 0.